The molecule has 2 bridgehead atoms. The van der Waals surface area contributed by atoms with E-state index in [1.165, 1.54) is 0 Å². The summed E-state index contributed by atoms with van der Waals surface area (Å²) in [4.78, 5) is 26.4. The largest absolute Gasteiger partial charge is 0.465 e. The molecule has 0 aliphatic heterocycles. The lowest BCUT2D eigenvalue weighted by molar-refractivity contribution is -0.185. The van der Waals surface area contributed by atoms with Gasteiger partial charge in [-0.3, -0.25) is 9.59 Å². The molecule has 0 radical (unpaired) electrons. The van der Waals surface area contributed by atoms with Crippen molar-refractivity contribution in [2.45, 2.75) is 72.6 Å². The monoisotopic (exact) mass is 350 g/mol. The molecule has 0 aromatic carbocycles. The van der Waals surface area contributed by atoms with E-state index in [0.717, 1.165) is 32.1 Å². The van der Waals surface area contributed by atoms with Gasteiger partial charge in [0.25, 0.3) is 0 Å². The predicted molar refractivity (Wildman–Crippen MR) is 97.9 cm³/mol. The topological polar surface area (TPSA) is 52.6 Å². The molecule has 4 heteroatoms. The van der Waals surface area contributed by atoms with E-state index in [1.807, 2.05) is 13.8 Å². The van der Waals surface area contributed by atoms with Gasteiger partial charge in [0.15, 0.2) is 0 Å². The lowest BCUT2D eigenvalue weighted by atomic mass is 9.55. The van der Waals surface area contributed by atoms with Crippen LogP contribution in [0.15, 0.2) is 12.2 Å². The van der Waals surface area contributed by atoms with Crippen LogP contribution >= 0.6 is 0 Å². The Balaban J connectivity index is 2.35. The van der Waals surface area contributed by atoms with Crippen LogP contribution in [-0.4, -0.2) is 25.2 Å². The van der Waals surface area contributed by atoms with Crippen LogP contribution in [0.25, 0.3) is 0 Å². The minimum absolute atomic E-state index is 0.0790. The number of unbranched alkanes of at least 4 members (excludes halogenated alkanes) is 2. The molecule has 0 spiro atoms. The summed E-state index contributed by atoms with van der Waals surface area (Å²) in [5.74, 6) is -0.241. The Kier molecular flexibility index (Phi) is 6.70. The predicted octanol–water partition coefficient (Wildman–Crippen LogP) is 4.67. The van der Waals surface area contributed by atoms with Crippen LogP contribution in [0.1, 0.15) is 72.6 Å². The molecule has 25 heavy (non-hydrogen) atoms. The number of hydrogen-bond donors (Lipinski definition) is 0. The molecule has 2 unspecified atom stereocenters. The molecular formula is C21H34O4. The SMILES string of the molecule is CCCCOC(=O)C1(CC)[C@@H]2C=C[C@H](C2)C1(CC)C(=O)OCCCC. The molecule has 4 nitrogen and oxygen atoms in total. The van der Waals surface area contributed by atoms with Gasteiger partial charge in [-0.05, 0) is 43.9 Å². The third-order valence-corrected chi connectivity index (χ3v) is 6.45. The molecule has 0 saturated heterocycles. The Labute approximate surface area is 152 Å². The van der Waals surface area contributed by atoms with E-state index in [2.05, 4.69) is 26.0 Å². The van der Waals surface area contributed by atoms with Crippen molar-refractivity contribution in [1.29, 1.82) is 0 Å². The number of fused-ring (bicyclic) bond motifs is 2. The fraction of sp³-hybridized carbons (Fsp3) is 0.810. The molecule has 0 aromatic heterocycles. The van der Waals surface area contributed by atoms with Crippen molar-refractivity contribution >= 4 is 11.9 Å². The van der Waals surface area contributed by atoms with Gasteiger partial charge in [-0.25, -0.2) is 0 Å². The lowest BCUT2D eigenvalue weighted by Gasteiger charge is -2.47. The molecule has 2 aliphatic carbocycles. The minimum atomic E-state index is -0.780. The van der Waals surface area contributed by atoms with E-state index in [0.29, 0.717) is 26.1 Å². The number of ether oxygens (including phenoxy) is 2. The van der Waals surface area contributed by atoms with Gasteiger partial charge in [-0.1, -0.05) is 52.7 Å². The first-order valence-electron chi connectivity index (χ1n) is 10.1. The summed E-state index contributed by atoms with van der Waals surface area (Å²) < 4.78 is 11.3. The molecule has 4 atom stereocenters. The number of hydrogen-bond acceptors (Lipinski definition) is 4. The van der Waals surface area contributed by atoms with Gasteiger partial charge >= 0.3 is 11.9 Å². The van der Waals surface area contributed by atoms with Crippen LogP contribution in [-0.2, 0) is 19.1 Å². The summed E-state index contributed by atoms with van der Waals surface area (Å²) in [5, 5.41) is 0. The first kappa shape index (κ1) is 20.0. The van der Waals surface area contributed by atoms with Gasteiger partial charge in [0.1, 0.15) is 0 Å². The zero-order chi connectivity index (χ0) is 18.5. The Morgan fingerprint density at radius 3 is 1.56 bits per heavy atom. The number of esters is 2. The number of carbonyl (C=O) groups is 2. The first-order chi connectivity index (χ1) is 12.0. The van der Waals surface area contributed by atoms with E-state index in [4.69, 9.17) is 9.47 Å². The molecule has 0 amide bonds. The summed E-state index contributed by atoms with van der Waals surface area (Å²) in [6.45, 7) is 9.04. The first-order valence-corrected chi connectivity index (χ1v) is 10.1. The van der Waals surface area contributed by atoms with Crippen LogP contribution in [0.5, 0.6) is 0 Å². The van der Waals surface area contributed by atoms with Crippen molar-refractivity contribution in [2.24, 2.45) is 22.7 Å². The zero-order valence-corrected chi connectivity index (χ0v) is 16.3. The lowest BCUT2D eigenvalue weighted by Crippen LogP contribution is -2.55. The van der Waals surface area contributed by atoms with Crippen LogP contribution in [0, 0.1) is 22.7 Å². The second kappa shape index (κ2) is 8.37. The van der Waals surface area contributed by atoms with Gasteiger partial charge in [0.2, 0.25) is 0 Å². The maximum atomic E-state index is 13.2. The molecule has 142 valence electrons. The normalized spacial score (nSPS) is 32.8. The van der Waals surface area contributed by atoms with E-state index in [1.54, 1.807) is 0 Å². The van der Waals surface area contributed by atoms with E-state index in [9.17, 15) is 9.59 Å². The minimum Gasteiger partial charge on any atom is -0.465 e. The van der Waals surface area contributed by atoms with Gasteiger partial charge in [-0.2, -0.15) is 0 Å². The average Bonchev–Trinajstić information content (AvgIpc) is 3.20. The highest BCUT2D eigenvalue weighted by Crippen LogP contribution is 2.67. The molecule has 2 rings (SSSR count). The van der Waals surface area contributed by atoms with E-state index >= 15 is 0 Å². The maximum absolute atomic E-state index is 13.2. The van der Waals surface area contributed by atoms with Crippen LogP contribution in [0.4, 0.5) is 0 Å². The van der Waals surface area contributed by atoms with Gasteiger partial charge in [0.05, 0.1) is 24.0 Å². The summed E-state index contributed by atoms with van der Waals surface area (Å²) in [6.07, 6.45) is 10.0. The summed E-state index contributed by atoms with van der Waals surface area (Å²) in [6, 6.07) is 0. The van der Waals surface area contributed by atoms with Crippen LogP contribution < -0.4 is 0 Å². The van der Waals surface area contributed by atoms with Gasteiger partial charge < -0.3 is 9.47 Å². The number of allylic oxidation sites excluding steroid dienone is 2. The molecule has 1 saturated carbocycles. The highest BCUT2D eigenvalue weighted by atomic mass is 16.5. The van der Waals surface area contributed by atoms with Crippen molar-refractivity contribution < 1.29 is 19.1 Å². The van der Waals surface area contributed by atoms with Crippen LogP contribution in [0.3, 0.4) is 0 Å². The Morgan fingerprint density at radius 2 is 1.24 bits per heavy atom. The Bertz CT molecular complexity index is 468. The second-order valence-electron chi connectivity index (χ2n) is 7.46. The van der Waals surface area contributed by atoms with Gasteiger partial charge in [0, 0.05) is 0 Å². The number of carbonyl (C=O) groups excluding carboxylic acids is 2. The van der Waals surface area contributed by atoms with Gasteiger partial charge in [-0.15, -0.1) is 0 Å². The summed E-state index contributed by atoms with van der Waals surface area (Å²) in [5.41, 5.74) is -1.56. The quantitative estimate of drug-likeness (QED) is 0.326. The summed E-state index contributed by atoms with van der Waals surface area (Å²) in [7, 11) is 0. The smallest absolute Gasteiger partial charge is 0.313 e. The summed E-state index contributed by atoms with van der Waals surface area (Å²) >= 11 is 0. The average molecular weight is 350 g/mol. The highest BCUT2D eigenvalue weighted by Gasteiger charge is 2.72. The van der Waals surface area contributed by atoms with E-state index < -0.39 is 10.8 Å². The molecule has 1 fully saturated rings. The van der Waals surface area contributed by atoms with Crippen LogP contribution in [0.2, 0.25) is 0 Å². The van der Waals surface area contributed by atoms with Crippen molar-refractivity contribution in [3.63, 3.8) is 0 Å². The fourth-order valence-corrected chi connectivity index (χ4v) is 5.08. The zero-order valence-electron chi connectivity index (χ0n) is 16.3. The maximum Gasteiger partial charge on any atom is 0.313 e. The third kappa shape index (κ3) is 3.02. The van der Waals surface area contributed by atoms with Crippen molar-refractivity contribution in [3.05, 3.63) is 12.2 Å². The van der Waals surface area contributed by atoms with Crippen molar-refractivity contribution in [1.82, 2.24) is 0 Å². The molecule has 0 heterocycles. The molecular weight excluding hydrogens is 316 g/mol. The standard InChI is InChI=1S/C21H34O4/c1-5-9-13-24-18(22)20(7-3)16-11-12-17(15-16)21(20,8-4)19(23)25-14-10-6-2/h11-12,16-17H,5-10,13-15H2,1-4H3/t16-,17-,20?,21?/m1/s1. The third-order valence-electron chi connectivity index (χ3n) is 6.45. The Morgan fingerprint density at radius 1 is 0.840 bits per heavy atom. The second-order valence-corrected chi connectivity index (χ2v) is 7.46. The van der Waals surface area contributed by atoms with Crippen molar-refractivity contribution in [3.8, 4) is 0 Å². The van der Waals surface area contributed by atoms with Crippen molar-refractivity contribution in [2.75, 3.05) is 13.2 Å². The molecule has 0 N–H and O–H groups in total. The number of rotatable bonds is 10. The van der Waals surface area contributed by atoms with E-state index in [-0.39, 0.29) is 23.8 Å². The molecule has 0 aromatic rings. The Hall–Kier alpha value is -1.32. The molecule has 2 aliphatic rings. The fourth-order valence-electron chi connectivity index (χ4n) is 5.08. The highest BCUT2D eigenvalue weighted by molar-refractivity contribution is 5.91.